The van der Waals surface area contributed by atoms with Crippen molar-refractivity contribution in [1.29, 1.82) is 0 Å². The third kappa shape index (κ3) is 5.16. The number of halogens is 2. The summed E-state index contributed by atoms with van der Waals surface area (Å²) in [5.74, 6) is -4.68. The predicted molar refractivity (Wildman–Crippen MR) is 86.5 cm³/mol. The van der Waals surface area contributed by atoms with Gasteiger partial charge in [0.1, 0.15) is 11.3 Å². The van der Waals surface area contributed by atoms with Crippen LogP contribution >= 0.6 is 0 Å². The van der Waals surface area contributed by atoms with Gasteiger partial charge in [0, 0.05) is 12.8 Å². The largest absolute Gasteiger partial charge is 0.547 e. The summed E-state index contributed by atoms with van der Waals surface area (Å²) >= 11 is 0. The normalized spacial score (nSPS) is 16.7. The zero-order valence-corrected chi connectivity index (χ0v) is 14.1. The fraction of sp³-hybridized carbons (Fsp3) is 0.500. The van der Waals surface area contributed by atoms with Crippen LogP contribution in [0.4, 0.5) is 8.78 Å². The molecule has 1 aliphatic heterocycles. The lowest BCUT2D eigenvalue weighted by Gasteiger charge is -2.29. The molecule has 25 heavy (non-hydrogen) atoms. The van der Waals surface area contributed by atoms with Crippen LogP contribution in [0.1, 0.15) is 42.6 Å². The average Bonchev–Trinajstić information content (AvgIpc) is 2.53. The first-order chi connectivity index (χ1) is 11.7. The molecule has 0 aliphatic carbocycles. The number of fused-ring (bicyclic) bond motifs is 1. The molecule has 1 aromatic carbocycles. The average molecular weight is 355 g/mol. The minimum Gasteiger partial charge on any atom is -0.534 e. The minimum atomic E-state index is -2.93. The monoisotopic (exact) mass is 355 g/mol. The number of carbonyl (C=O) groups is 2. The molecule has 1 aromatic rings. The highest BCUT2D eigenvalue weighted by atomic mass is 19.3. The number of hydrogen-bond donors (Lipinski definition) is 2. The van der Waals surface area contributed by atoms with Crippen LogP contribution in [0.25, 0.3) is 0 Å². The number of benzene rings is 1. The Labute approximate surface area is 144 Å². The second kappa shape index (κ2) is 7.82. The number of esters is 1. The molecule has 1 atom stereocenters. The topological polar surface area (TPSA) is 84.9 Å². The van der Waals surface area contributed by atoms with Crippen LogP contribution in [0.5, 0.6) is 5.75 Å². The van der Waals surface area contributed by atoms with E-state index in [4.69, 9.17) is 9.39 Å². The molecule has 0 radical (unpaired) electrons. The van der Waals surface area contributed by atoms with Crippen molar-refractivity contribution in [2.24, 2.45) is 0 Å². The Morgan fingerprint density at radius 1 is 1.48 bits per heavy atom. The van der Waals surface area contributed by atoms with Gasteiger partial charge in [0.25, 0.3) is 0 Å². The van der Waals surface area contributed by atoms with Crippen LogP contribution in [-0.2, 0) is 16.0 Å². The van der Waals surface area contributed by atoms with Gasteiger partial charge in [-0.1, -0.05) is 12.1 Å². The van der Waals surface area contributed by atoms with E-state index in [0.717, 1.165) is 6.92 Å². The van der Waals surface area contributed by atoms with E-state index in [9.17, 15) is 23.4 Å². The number of para-hydroxylation sites is 1. The summed E-state index contributed by atoms with van der Waals surface area (Å²) in [7, 11) is -1.39. The van der Waals surface area contributed by atoms with Crippen LogP contribution in [0.15, 0.2) is 18.2 Å². The van der Waals surface area contributed by atoms with Crippen molar-refractivity contribution in [1.82, 2.24) is 5.32 Å². The molecule has 2 N–H and O–H groups in total. The lowest BCUT2D eigenvalue weighted by molar-refractivity contribution is -0.123. The fourth-order valence-corrected chi connectivity index (χ4v) is 2.53. The standard InChI is InChI=1S/C16H20BF2NO5/c1-3-24-15(22)11-6-4-5-10-9-12(17(23)25-14(10)11)20-13(21)7-8-16(2,18)19/h4-6,12,23H,3,7-9H2,1-2H3,(H,20,21)/t12-/m0/s1. The quantitative estimate of drug-likeness (QED) is 0.600. The van der Waals surface area contributed by atoms with Crippen molar-refractivity contribution in [2.75, 3.05) is 6.61 Å². The highest BCUT2D eigenvalue weighted by Crippen LogP contribution is 2.30. The Bertz CT molecular complexity index is 650. The molecule has 9 heteroatoms. The lowest BCUT2D eigenvalue weighted by Crippen LogP contribution is -2.53. The number of ether oxygens (including phenoxy) is 1. The van der Waals surface area contributed by atoms with Crippen molar-refractivity contribution in [3.63, 3.8) is 0 Å². The number of alkyl halides is 2. The van der Waals surface area contributed by atoms with Gasteiger partial charge in [-0.15, -0.1) is 0 Å². The first kappa shape index (κ1) is 19.2. The Balaban J connectivity index is 2.07. The summed E-state index contributed by atoms with van der Waals surface area (Å²) in [5, 5.41) is 12.6. The van der Waals surface area contributed by atoms with Crippen molar-refractivity contribution < 1.29 is 32.8 Å². The molecule has 0 fully saturated rings. The number of nitrogens with one attached hydrogen (secondary N) is 1. The molecule has 2 rings (SSSR count). The van der Waals surface area contributed by atoms with E-state index in [1.54, 1.807) is 19.1 Å². The van der Waals surface area contributed by atoms with Gasteiger partial charge >= 0.3 is 13.1 Å². The highest BCUT2D eigenvalue weighted by molar-refractivity contribution is 6.47. The van der Waals surface area contributed by atoms with E-state index in [1.807, 2.05) is 0 Å². The van der Waals surface area contributed by atoms with Crippen molar-refractivity contribution >= 4 is 19.0 Å². The molecular formula is C16H20BF2NO5. The maximum absolute atomic E-state index is 12.8. The summed E-state index contributed by atoms with van der Waals surface area (Å²) < 4.78 is 36.0. The summed E-state index contributed by atoms with van der Waals surface area (Å²) in [5.41, 5.74) is 0.802. The number of hydrogen-bond acceptors (Lipinski definition) is 5. The molecule has 1 heterocycles. The molecule has 0 saturated carbocycles. The molecule has 0 bridgehead atoms. The maximum atomic E-state index is 12.8. The zero-order valence-electron chi connectivity index (χ0n) is 14.1. The van der Waals surface area contributed by atoms with E-state index < -0.39 is 37.3 Å². The van der Waals surface area contributed by atoms with Gasteiger partial charge < -0.3 is 19.7 Å². The molecule has 136 valence electrons. The van der Waals surface area contributed by atoms with Crippen LogP contribution in [0.3, 0.4) is 0 Å². The third-order valence-electron chi connectivity index (χ3n) is 3.75. The SMILES string of the molecule is CCOC(=O)c1cccc2c1OB(O)[C@@H](NC(=O)CCC(C)(F)F)C2. The van der Waals surface area contributed by atoms with Crippen LogP contribution < -0.4 is 9.97 Å². The van der Waals surface area contributed by atoms with Gasteiger partial charge in [0.2, 0.25) is 11.8 Å². The lowest BCUT2D eigenvalue weighted by atomic mass is 9.72. The smallest absolute Gasteiger partial charge is 0.534 e. The van der Waals surface area contributed by atoms with E-state index in [1.165, 1.54) is 6.07 Å². The minimum absolute atomic E-state index is 0.189. The van der Waals surface area contributed by atoms with Crippen molar-refractivity contribution in [3.05, 3.63) is 29.3 Å². The second-order valence-electron chi connectivity index (χ2n) is 5.97. The van der Waals surface area contributed by atoms with E-state index in [2.05, 4.69) is 5.32 Å². The molecule has 6 nitrogen and oxygen atoms in total. The van der Waals surface area contributed by atoms with Crippen LogP contribution in [0, 0.1) is 0 Å². The molecular weight excluding hydrogens is 335 g/mol. The van der Waals surface area contributed by atoms with Crippen LogP contribution in [-0.4, -0.2) is 42.5 Å². The predicted octanol–water partition coefficient (Wildman–Crippen LogP) is 1.74. The van der Waals surface area contributed by atoms with Gasteiger partial charge in [-0.25, -0.2) is 13.6 Å². The van der Waals surface area contributed by atoms with Gasteiger partial charge in [0.15, 0.2) is 0 Å². The third-order valence-corrected chi connectivity index (χ3v) is 3.75. The molecule has 0 spiro atoms. The first-order valence-corrected chi connectivity index (χ1v) is 8.02. The summed E-state index contributed by atoms with van der Waals surface area (Å²) in [6.45, 7) is 2.62. The van der Waals surface area contributed by atoms with E-state index >= 15 is 0 Å². The Morgan fingerprint density at radius 3 is 2.84 bits per heavy atom. The summed E-state index contributed by atoms with van der Waals surface area (Å²) in [6, 6.07) is 4.86. The van der Waals surface area contributed by atoms with Gasteiger partial charge in [0.05, 0.1) is 12.5 Å². The Kier molecular flexibility index (Phi) is 6.00. The maximum Gasteiger partial charge on any atom is 0.547 e. The fourth-order valence-electron chi connectivity index (χ4n) is 2.53. The molecule has 0 saturated heterocycles. The van der Waals surface area contributed by atoms with Crippen molar-refractivity contribution in [2.45, 2.75) is 45.0 Å². The van der Waals surface area contributed by atoms with Gasteiger partial charge in [-0.2, -0.15) is 0 Å². The summed E-state index contributed by atoms with van der Waals surface area (Å²) in [6.07, 6.45) is -0.730. The number of rotatable bonds is 6. The van der Waals surface area contributed by atoms with Crippen LogP contribution in [0.2, 0.25) is 0 Å². The van der Waals surface area contributed by atoms with Gasteiger partial charge in [-0.3, -0.25) is 4.79 Å². The highest BCUT2D eigenvalue weighted by Gasteiger charge is 2.38. The summed E-state index contributed by atoms with van der Waals surface area (Å²) in [4.78, 5) is 23.7. The molecule has 1 amide bonds. The van der Waals surface area contributed by atoms with Crippen molar-refractivity contribution in [3.8, 4) is 5.75 Å². The molecule has 0 aromatic heterocycles. The van der Waals surface area contributed by atoms with E-state index in [0.29, 0.717) is 5.56 Å². The Hall–Kier alpha value is -2.16. The van der Waals surface area contributed by atoms with Gasteiger partial charge in [-0.05, 0) is 31.9 Å². The molecule has 0 unspecified atom stereocenters. The number of carbonyl (C=O) groups excluding carboxylic acids is 2. The molecule has 1 aliphatic rings. The zero-order chi connectivity index (χ0) is 18.6. The van der Waals surface area contributed by atoms with E-state index in [-0.39, 0.29) is 30.8 Å². The number of amides is 1. The first-order valence-electron chi connectivity index (χ1n) is 8.02. The Morgan fingerprint density at radius 2 is 2.20 bits per heavy atom. The second-order valence-corrected chi connectivity index (χ2v) is 5.97.